The number of rotatable bonds is 5. The summed E-state index contributed by atoms with van der Waals surface area (Å²) < 4.78 is 5.41. The Morgan fingerprint density at radius 3 is 2.50 bits per heavy atom. The lowest BCUT2D eigenvalue weighted by atomic mass is 10.3. The summed E-state index contributed by atoms with van der Waals surface area (Å²) in [4.78, 5) is 12.8. The van der Waals surface area contributed by atoms with Crippen molar-refractivity contribution in [2.24, 2.45) is 0 Å². The highest BCUT2D eigenvalue weighted by Gasteiger charge is 2.03. The fourth-order valence-electron chi connectivity index (χ4n) is 1.18. The van der Waals surface area contributed by atoms with Crippen molar-refractivity contribution >= 4 is 5.91 Å². The van der Waals surface area contributed by atoms with Gasteiger partial charge in [0.1, 0.15) is 11.5 Å². The molecule has 0 aliphatic rings. The molecular formula is C12H17NO3. The number of benzene rings is 1. The predicted octanol–water partition coefficient (Wildman–Crippen LogP) is 1.64. The van der Waals surface area contributed by atoms with Crippen molar-refractivity contribution in [1.29, 1.82) is 0 Å². The minimum Gasteiger partial charge on any atom is -0.508 e. The van der Waals surface area contributed by atoms with E-state index in [1.54, 1.807) is 43.3 Å². The summed E-state index contributed by atoms with van der Waals surface area (Å²) in [6.45, 7) is 0.504. The fourth-order valence-corrected chi connectivity index (χ4v) is 1.18. The average Bonchev–Trinajstić information content (AvgIpc) is 2.26. The lowest BCUT2D eigenvalue weighted by molar-refractivity contribution is -0.128. The Bertz CT molecular complexity index is 333. The molecule has 0 atom stereocenters. The molecule has 1 N–H and O–H groups in total. The van der Waals surface area contributed by atoms with E-state index in [-0.39, 0.29) is 11.7 Å². The van der Waals surface area contributed by atoms with Crippen molar-refractivity contribution in [2.75, 3.05) is 20.7 Å². The fraction of sp³-hybridized carbons (Fsp3) is 0.417. The molecule has 4 nitrogen and oxygen atoms in total. The smallest absolute Gasteiger partial charge is 0.222 e. The molecule has 4 heteroatoms. The molecule has 0 saturated heterocycles. The maximum absolute atomic E-state index is 11.2. The predicted molar refractivity (Wildman–Crippen MR) is 61.5 cm³/mol. The van der Waals surface area contributed by atoms with Crippen molar-refractivity contribution < 1.29 is 14.6 Å². The average molecular weight is 223 g/mol. The normalized spacial score (nSPS) is 9.88. The SMILES string of the molecule is CN(C)C(=O)CCCOc1ccc(O)cc1. The van der Waals surface area contributed by atoms with Crippen LogP contribution in [0.4, 0.5) is 0 Å². The third-order valence-corrected chi connectivity index (χ3v) is 2.14. The second kappa shape index (κ2) is 6.00. The standard InChI is InChI=1S/C12H17NO3/c1-13(2)12(15)4-3-9-16-11-7-5-10(14)6-8-11/h5-8,14H,3-4,9H2,1-2H3. The largest absolute Gasteiger partial charge is 0.508 e. The topological polar surface area (TPSA) is 49.8 Å². The Balaban J connectivity index is 2.21. The van der Waals surface area contributed by atoms with Crippen LogP contribution < -0.4 is 4.74 Å². The number of aromatic hydroxyl groups is 1. The number of nitrogens with zero attached hydrogens (tertiary/aromatic N) is 1. The van der Waals surface area contributed by atoms with Gasteiger partial charge in [-0.25, -0.2) is 0 Å². The molecule has 1 aromatic rings. The number of carbonyl (C=O) groups excluding carboxylic acids is 1. The summed E-state index contributed by atoms with van der Waals surface area (Å²) in [7, 11) is 3.48. The molecule has 0 radical (unpaired) electrons. The van der Waals surface area contributed by atoms with Gasteiger partial charge < -0.3 is 14.7 Å². The summed E-state index contributed by atoms with van der Waals surface area (Å²) in [6, 6.07) is 6.53. The summed E-state index contributed by atoms with van der Waals surface area (Å²) in [6.07, 6.45) is 1.18. The molecule has 0 spiro atoms. The van der Waals surface area contributed by atoms with E-state index in [0.29, 0.717) is 25.2 Å². The van der Waals surface area contributed by atoms with Crippen LogP contribution in [-0.4, -0.2) is 36.6 Å². The van der Waals surface area contributed by atoms with Crippen molar-refractivity contribution in [3.8, 4) is 11.5 Å². The molecule has 88 valence electrons. The first-order valence-corrected chi connectivity index (χ1v) is 5.21. The van der Waals surface area contributed by atoms with Crippen LogP contribution in [0, 0.1) is 0 Å². The van der Waals surface area contributed by atoms with Crippen molar-refractivity contribution in [1.82, 2.24) is 4.90 Å². The van der Waals surface area contributed by atoms with Gasteiger partial charge in [0.05, 0.1) is 6.61 Å². The lowest BCUT2D eigenvalue weighted by Crippen LogP contribution is -2.21. The van der Waals surface area contributed by atoms with E-state index in [2.05, 4.69) is 0 Å². The number of phenols is 1. The lowest BCUT2D eigenvalue weighted by Gasteiger charge is -2.10. The maximum Gasteiger partial charge on any atom is 0.222 e. The third-order valence-electron chi connectivity index (χ3n) is 2.14. The molecule has 16 heavy (non-hydrogen) atoms. The van der Waals surface area contributed by atoms with Crippen LogP contribution >= 0.6 is 0 Å². The van der Waals surface area contributed by atoms with Crippen LogP contribution in [0.1, 0.15) is 12.8 Å². The van der Waals surface area contributed by atoms with Gasteiger partial charge in [0.2, 0.25) is 5.91 Å². The minimum absolute atomic E-state index is 0.106. The van der Waals surface area contributed by atoms with E-state index in [0.717, 1.165) is 0 Å². The first-order chi connectivity index (χ1) is 7.59. The molecule has 0 fully saturated rings. The second-order valence-electron chi connectivity index (χ2n) is 3.73. The van der Waals surface area contributed by atoms with Gasteiger partial charge in [-0.1, -0.05) is 0 Å². The van der Waals surface area contributed by atoms with E-state index in [1.807, 2.05) is 0 Å². The third kappa shape index (κ3) is 4.21. The number of carbonyl (C=O) groups is 1. The molecular weight excluding hydrogens is 206 g/mol. The highest BCUT2D eigenvalue weighted by molar-refractivity contribution is 5.75. The Labute approximate surface area is 95.5 Å². The molecule has 0 bridgehead atoms. The molecule has 1 rings (SSSR count). The molecule has 0 aliphatic carbocycles. The summed E-state index contributed by atoms with van der Waals surface area (Å²) in [5, 5.41) is 9.06. The molecule has 1 amide bonds. The van der Waals surface area contributed by atoms with Crippen LogP contribution in [0.3, 0.4) is 0 Å². The Hall–Kier alpha value is -1.71. The van der Waals surface area contributed by atoms with E-state index < -0.39 is 0 Å². The minimum atomic E-state index is 0.106. The van der Waals surface area contributed by atoms with Gasteiger partial charge in [-0.15, -0.1) is 0 Å². The maximum atomic E-state index is 11.2. The molecule has 0 aromatic heterocycles. The number of phenolic OH excluding ortho intramolecular Hbond substituents is 1. The first-order valence-electron chi connectivity index (χ1n) is 5.21. The Morgan fingerprint density at radius 1 is 1.31 bits per heavy atom. The van der Waals surface area contributed by atoms with E-state index in [1.165, 1.54) is 0 Å². The van der Waals surface area contributed by atoms with Crippen LogP contribution in [0.2, 0.25) is 0 Å². The highest BCUT2D eigenvalue weighted by Crippen LogP contribution is 2.16. The molecule has 1 aromatic carbocycles. The zero-order valence-electron chi connectivity index (χ0n) is 9.64. The summed E-state index contributed by atoms with van der Waals surface area (Å²) in [5.41, 5.74) is 0. The van der Waals surface area contributed by atoms with Crippen LogP contribution in [-0.2, 0) is 4.79 Å². The molecule has 0 saturated carbocycles. The quantitative estimate of drug-likeness (QED) is 0.772. The Kier molecular flexibility index (Phi) is 4.64. The van der Waals surface area contributed by atoms with Crippen molar-refractivity contribution in [2.45, 2.75) is 12.8 Å². The zero-order valence-corrected chi connectivity index (χ0v) is 9.64. The molecule has 0 unspecified atom stereocenters. The van der Waals surface area contributed by atoms with Gasteiger partial charge in [0.25, 0.3) is 0 Å². The van der Waals surface area contributed by atoms with Crippen LogP contribution in [0.5, 0.6) is 11.5 Å². The Morgan fingerprint density at radius 2 is 1.94 bits per heavy atom. The van der Waals surface area contributed by atoms with E-state index >= 15 is 0 Å². The van der Waals surface area contributed by atoms with Crippen molar-refractivity contribution in [3.63, 3.8) is 0 Å². The van der Waals surface area contributed by atoms with Crippen LogP contribution in [0.25, 0.3) is 0 Å². The van der Waals surface area contributed by atoms with Gasteiger partial charge in [0.15, 0.2) is 0 Å². The monoisotopic (exact) mass is 223 g/mol. The van der Waals surface area contributed by atoms with Gasteiger partial charge >= 0.3 is 0 Å². The van der Waals surface area contributed by atoms with Crippen molar-refractivity contribution in [3.05, 3.63) is 24.3 Å². The zero-order chi connectivity index (χ0) is 12.0. The molecule has 0 heterocycles. The first kappa shape index (κ1) is 12.4. The highest BCUT2D eigenvalue weighted by atomic mass is 16.5. The van der Waals surface area contributed by atoms with Crippen LogP contribution in [0.15, 0.2) is 24.3 Å². The summed E-state index contributed by atoms with van der Waals surface area (Å²) >= 11 is 0. The number of hydrogen-bond donors (Lipinski definition) is 1. The summed E-state index contributed by atoms with van der Waals surface area (Å²) in [5.74, 6) is 1.03. The second-order valence-corrected chi connectivity index (χ2v) is 3.73. The van der Waals surface area contributed by atoms with E-state index in [9.17, 15) is 4.79 Å². The number of amides is 1. The van der Waals surface area contributed by atoms with E-state index in [4.69, 9.17) is 9.84 Å². The van der Waals surface area contributed by atoms with Gasteiger partial charge in [-0.05, 0) is 30.7 Å². The molecule has 0 aliphatic heterocycles. The number of ether oxygens (including phenoxy) is 1. The van der Waals surface area contributed by atoms with Gasteiger partial charge in [-0.3, -0.25) is 4.79 Å². The van der Waals surface area contributed by atoms with Gasteiger partial charge in [0, 0.05) is 20.5 Å². The number of hydrogen-bond acceptors (Lipinski definition) is 3. The van der Waals surface area contributed by atoms with Gasteiger partial charge in [-0.2, -0.15) is 0 Å².